The molecule has 0 radical (unpaired) electrons. The number of nitrogens with zero attached hydrogens (tertiary/aromatic N) is 1. The molecule has 0 heterocycles. The molecule has 0 aliphatic heterocycles. The number of hydrogen-bond acceptors (Lipinski definition) is 4. The molecule has 4 nitrogen and oxygen atoms in total. The summed E-state index contributed by atoms with van der Waals surface area (Å²) < 4.78 is 40.0. The highest BCUT2D eigenvalue weighted by molar-refractivity contribution is 9.10. The predicted octanol–water partition coefficient (Wildman–Crippen LogP) is 2.93. The highest BCUT2D eigenvalue weighted by Crippen LogP contribution is 2.30. The topological polar surface area (TPSA) is 63.4 Å². The Balaban J connectivity index is 3.26. The number of nitrogen functional groups attached to an aromatic ring is 1. The predicted molar refractivity (Wildman–Crippen MR) is 85.9 cm³/mol. The molecule has 0 aliphatic rings. The van der Waals surface area contributed by atoms with E-state index in [4.69, 9.17) is 5.73 Å². The third kappa shape index (κ3) is 3.66. The van der Waals surface area contributed by atoms with Crippen molar-refractivity contribution < 1.29 is 12.8 Å². The van der Waals surface area contributed by atoms with Crippen LogP contribution < -0.4 is 5.73 Å². The Labute approximate surface area is 132 Å². The van der Waals surface area contributed by atoms with Gasteiger partial charge in [-0.05, 0) is 40.7 Å². The van der Waals surface area contributed by atoms with Crippen molar-refractivity contribution in [3.8, 4) is 0 Å². The van der Waals surface area contributed by atoms with Gasteiger partial charge in [-0.2, -0.15) is 16.1 Å². The number of nitrogens with two attached hydrogens (primary N) is 1. The van der Waals surface area contributed by atoms with Crippen molar-refractivity contribution in [2.45, 2.75) is 24.3 Å². The molecule has 0 spiro atoms. The molecule has 8 heteroatoms. The molecule has 1 unspecified atom stereocenters. The van der Waals surface area contributed by atoms with Crippen molar-refractivity contribution in [3.63, 3.8) is 0 Å². The van der Waals surface area contributed by atoms with Gasteiger partial charge in [0.25, 0.3) is 0 Å². The Morgan fingerprint density at radius 3 is 2.60 bits per heavy atom. The molecule has 0 fully saturated rings. The maximum absolute atomic E-state index is 13.3. The fraction of sp³-hybridized carbons (Fsp3) is 0.500. The van der Waals surface area contributed by atoms with Crippen molar-refractivity contribution in [2.75, 3.05) is 24.8 Å². The Morgan fingerprint density at radius 1 is 1.50 bits per heavy atom. The summed E-state index contributed by atoms with van der Waals surface area (Å²) in [5.41, 5.74) is 5.29. The van der Waals surface area contributed by atoms with Crippen LogP contribution in [0, 0.1) is 5.82 Å². The number of sulfonamides is 1. The van der Waals surface area contributed by atoms with Gasteiger partial charge in [-0.1, -0.05) is 6.92 Å². The highest BCUT2D eigenvalue weighted by Gasteiger charge is 2.29. The van der Waals surface area contributed by atoms with Gasteiger partial charge in [-0.3, -0.25) is 0 Å². The average Bonchev–Trinajstić information content (AvgIpc) is 2.39. The van der Waals surface area contributed by atoms with Gasteiger partial charge in [0, 0.05) is 23.3 Å². The van der Waals surface area contributed by atoms with Crippen LogP contribution in [0.1, 0.15) is 13.3 Å². The van der Waals surface area contributed by atoms with Gasteiger partial charge in [0.05, 0.1) is 10.6 Å². The first kappa shape index (κ1) is 17.7. The fourth-order valence-corrected chi connectivity index (χ4v) is 5.14. The molecular formula is C12H18BrFN2O2S2. The van der Waals surface area contributed by atoms with E-state index in [1.807, 2.05) is 13.2 Å². The zero-order valence-corrected chi connectivity index (χ0v) is 14.8. The molecule has 0 saturated heterocycles. The van der Waals surface area contributed by atoms with E-state index in [0.29, 0.717) is 12.2 Å². The second-order valence-electron chi connectivity index (χ2n) is 4.34. The van der Waals surface area contributed by atoms with Gasteiger partial charge in [0.15, 0.2) is 0 Å². The molecule has 20 heavy (non-hydrogen) atoms. The van der Waals surface area contributed by atoms with E-state index < -0.39 is 15.8 Å². The van der Waals surface area contributed by atoms with Crippen LogP contribution in [0.5, 0.6) is 0 Å². The van der Waals surface area contributed by atoms with Gasteiger partial charge < -0.3 is 5.73 Å². The van der Waals surface area contributed by atoms with Crippen molar-refractivity contribution in [1.29, 1.82) is 0 Å². The van der Waals surface area contributed by atoms with Crippen molar-refractivity contribution in [2.24, 2.45) is 0 Å². The quantitative estimate of drug-likeness (QED) is 0.765. The first-order valence-electron chi connectivity index (χ1n) is 5.97. The molecule has 0 bridgehead atoms. The summed E-state index contributed by atoms with van der Waals surface area (Å²) in [5.74, 6) is 0.0511. The van der Waals surface area contributed by atoms with E-state index in [9.17, 15) is 12.8 Å². The number of rotatable bonds is 6. The lowest BCUT2D eigenvalue weighted by Crippen LogP contribution is -2.38. The zero-order chi connectivity index (χ0) is 15.5. The summed E-state index contributed by atoms with van der Waals surface area (Å²) in [6.45, 7) is 1.93. The number of anilines is 1. The first-order chi connectivity index (χ1) is 9.25. The fourth-order valence-electron chi connectivity index (χ4n) is 1.77. The van der Waals surface area contributed by atoms with Crippen molar-refractivity contribution in [1.82, 2.24) is 4.31 Å². The number of thioether (sulfide) groups is 1. The first-order valence-corrected chi connectivity index (χ1v) is 9.59. The molecule has 0 amide bonds. The van der Waals surface area contributed by atoms with Gasteiger partial charge in [0.1, 0.15) is 5.82 Å². The van der Waals surface area contributed by atoms with E-state index in [1.165, 1.54) is 11.4 Å². The second-order valence-corrected chi connectivity index (χ2v) is 8.07. The zero-order valence-electron chi connectivity index (χ0n) is 11.6. The molecule has 0 saturated carbocycles. The van der Waals surface area contributed by atoms with E-state index in [2.05, 4.69) is 15.9 Å². The van der Waals surface area contributed by atoms with Crippen LogP contribution in [0.4, 0.5) is 10.1 Å². The average molecular weight is 385 g/mol. The minimum absolute atomic E-state index is 0.0153. The normalized spacial score (nSPS) is 13.7. The van der Waals surface area contributed by atoms with Crippen LogP contribution in [0.2, 0.25) is 0 Å². The molecule has 0 aromatic heterocycles. The summed E-state index contributed by atoms with van der Waals surface area (Å²) in [5, 5.41) is 0. The number of benzene rings is 1. The Morgan fingerprint density at radius 2 is 2.10 bits per heavy atom. The molecule has 1 atom stereocenters. The SMILES string of the molecule is CCC(CSC)N(C)S(=O)(=O)c1cc(N)c(F)cc1Br. The molecule has 1 aromatic rings. The van der Waals surface area contributed by atoms with Gasteiger partial charge in [0.2, 0.25) is 10.0 Å². The molecule has 114 valence electrons. The maximum atomic E-state index is 13.3. The van der Waals surface area contributed by atoms with E-state index in [1.54, 1.807) is 11.8 Å². The van der Waals surface area contributed by atoms with Crippen LogP contribution in [0.15, 0.2) is 21.5 Å². The van der Waals surface area contributed by atoms with Crippen LogP contribution in [0.3, 0.4) is 0 Å². The minimum atomic E-state index is -3.72. The van der Waals surface area contributed by atoms with Crippen molar-refractivity contribution in [3.05, 3.63) is 22.4 Å². The highest BCUT2D eigenvalue weighted by atomic mass is 79.9. The largest absolute Gasteiger partial charge is 0.396 e. The maximum Gasteiger partial charge on any atom is 0.244 e. The van der Waals surface area contributed by atoms with Gasteiger partial charge in [-0.15, -0.1) is 0 Å². The van der Waals surface area contributed by atoms with Gasteiger partial charge >= 0.3 is 0 Å². The third-order valence-corrected chi connectivity index (χ3v) is 6.64. The smallest absolute Gasteiger partial charge is 0.244 e. The molecular weight excluding hydrogens is 367 g/mol. The Kier molecular flexibility index (Phi) is 6.30. The third-order valence-electron chi connectivity index (χ3n) is 3.05. The van der Waals surface area contributed by atoms with Gasteiger partial charge in [-0.25, -0.2) is 12.8 Å². The number of halogens is 2. The van der Waals surface area contributed by atoms with E-state index >= 15 is 0 Å². The number of hydrogen-bond donors (Lipinski definition) is 1. The molecule has 1 rings (SSSR count). The van der Waals surface area contributed by atoms with E-state index in [0.717, 1.165) is 12.1 Å². The van der Waals surface area contributed by atoms with Crippen LogP contribution in [0.25, 0.3) is 0 Å². The lowest BCUT2D eigenvalue weighted by Gasteiger charge is -2.26. The lowest BCUT2D eigenvalue weighted by atomic mass is 10.3. The summed E-state index contributed by atoms with van der Waals surface area (Å²) in [4.78, 5) is -0.0153. The van der Waals surface area contributed by atoms with Crippen molar-refractivity contribution >= 4 is 43.4 Å². The summed E-state index contributed by atoms with van der Waals surface area (Å²) in [7, 11) is -2.18. The second kappa shape index (κ2) is 7.11. The summed E-state index contributed by atoms with van der Waals surface area (Å²) in [6.07, 6.45) is 2.62. The standard InChI is InChI=1S/C12H18BrFN2O2S2/c1-4-8(7-19-3)16(2)20(17,18)12-6-11(15)10(14)5-9(12)13/h5-6,8H,4,7,15H2,1-3H3. The van der Waals surface area contributed by atoms with Crippen LogP contribution in [-0.4, -0.2) is 37.8 Å². The monoisotopic (exact) mass is 384 g/mol. The molecule has 2 N–H and O–H groups in total. The Hall–Kier alpha value is -0.310. The Bertz CT molecular complexity index is 581. The van der Waals surface area contributed by atoms with E-state index in [-0.39, 0.29) is 21.1 Å². The summed E-state index contributed by atoms with van der Waals surface area (Å²) >= 11 is 4.67. The molecule has 0 aliphatic carbocycles. The summed E-state index contributed by atoms with van der Waals surface area (Å²) in [6, 6.07) is 2.11. The molecule has 1 aromatic carbocycles. The van der Waals surface area contributed by atoms with Crippen LogP contribution in [-0.2, 0) is 10.0 Å². The lowest BCUT2D eigenvalue weighted by molar-refractivity contribution is 0.385. The minimum Gasteiger partial charge on any atom is -0.396 e. The van der Waals surface area contributed by atoms with Crippen LogP contribution >= 0.6 is 27.7 Å².